The fourth-order valence-electron chi connectivity index (χ4n) is 3.07. The normalized spacial score (nSPS) is 18.7. The lowest BCUT2D eigenvalue weighted by Gasteiger charge is -2.28. The second-order valence-corrected chi connectivity index (χ2v) is 10.0. The van der Waals surface area contributed by atoms with Gasteiger partial charge in [0.2, 0.25) is 0 Å². The molecule has 0 saturated carbocycles. The minimum absolute atomic E-state index is 0.00699. The Bertz CT molecular complexity index is 923. The molecule has 5 nitrogen and oxygen atoms in total. The lowest BCUT2D eigenvalue weighted by atomic mass is 10.1. The van der Waals surface area contributed by atoms with Gasteiger partial charge in [0, 0.05) is 16.5 Å². The molecule has 140 valence electrons. The van der Waals surface area contributed by atoms with Crippen LogP contribution in [0, 0.1) is 6.92 Å². The van der Waals surface area contributed by atoms with Gasteiger partial charge in [-0.25, -0.2) is 8.42 Å². The monoisotopic (exact) mass is 413 g/mol. The molecule has 1 aliphatic rings. The number of hydrogen-bond donors (Lipinski definition) is 0. The molecule has 1 aromatic heterocycles. The van der Waals surface area contributed by atoms with Crippen LogP contribution in [0.25, 0.3) is 0 Å². The minimum atomic E-state index is -3.10. The number of ether oxygens (including phenoxy) is 1. The number of sulfone groups is 1. The van der Waals surface area contributed by atoms with Gasteiger partial charge < -0.3 is 9.64 Å². The Labute approximate surface area is 162 Å². The number of thiophene rings is 1. The van der Waals surface area contributed by atoms with Crippen LogP contribution in [-0.4, -0.2) is 43.9 Å². The quantitative estimate of drug-likeness (QED) is 0.751. The van der Waals surface area contributed by atoms with Gasteiger partial charge in [-0.2, -0.15) is 0 Å². The topological polar surface area (TPSA) is 63.7 Å². The molecule has 1 fully saturated rings. The Morgan fingerprint density at radius 2 is 2.15 bits per heavy atom. The first-order valence-electron chi connectivity index (χ1n) is 8.18. The van der Waals surface area contributed by atoms with Crippen LogP contribution < -0.4 is 4.74 Å². The van der Waals surface area contributed by atoms with E-state index < -0.39 is 9.84 Å². The number of methoxy groups -OCH3 is 1. The number of benzene rings is 1. The van der Waals surface area contributed by atoms with E-state index in [1.54, 1.807) is 34.4 Å². The van der Waals surface area contributed by atoms with Gasteiger partial charge in [0.1, 0.15) is 5.75 Å². The summed E-state index contributed by atoms with van der Waals surface area (Å²) in [5.74, 6) is 0.401. The highest BCUT2D eigenvalue weighted by Crippen LogP contribution is 2.29. The fourth-order valence-corrected chi connectivity index (χ4v) is 5.97. The van der Waals surface area contributed by atoms with Crippen LogP contribution in [0.1, 0.15) is 27.2 Å². The summed E-state index contributed by atoms with van der Waals surface area (Å²) in [5.41, 5.74) is 1.52. The summed E-state index contributed by atoms with van der Waals surface area (Å²) in [4.78, 5) is 15.9. The van der Waals surface area contributed by atoms with E-state index in [0.717, 1.165) is 10.4 Å². The summed E-state index contributed by atoms with van der Waals surface area (Å²) >= 11 is 7.73. The Morgan fingerprint density at radius 3 is 2.69 bits per heavy atom. The predicted molar refractivity (Wildman–Crippen MR) is 104 cm³/mol. The Kier molecular flexibility index (Phi) is 5.60. The van der Waals surface area contributed by atoms with Crippen molar-refractivity contribution in [2.24, 2.45) is 0 Å². The molecule has 0 bridgehead atoms. The highest BCUT2D eigenvalue weighted by Gasteiger charge is 2.35. The van der Waals surface area contributed by atoms with Crippen molar-refractivity contribution in [3.05, 3.63) is 50.7 Å². The molecule has 8 heteroatoms. The molecule has 26 heavy (non-hydrogen) atoms. The van der Waals surface area contributed by atoms with Crippen LogP contribution in [0.4, 0.5) is 0 Å². The number of nitrogens with zero attached hydrogens (tertiary/aromatic N) is 1. The van der Waals surface area contributed by atoms with Crippen LogP contribution >= 0.6 is 22.9 Å². The van der Waals surface area contributed by atoms with Crippen molar-refractivity contribution in [1.82, 2.24) is 4.90 Å². The lowest BCUT2D eigenvalue weighted by molar-refractivity contribution is 0.0683. The molecule has 0 spiro atoms. The predicted octanol–water partition coefficient (Wildman–Crippen LogP) is 3.55. The Hall–Kier alpha value is -1.57. The highest BCUT2D eigenvalue weighted by molar-refractivity contribution is 7.91. The largest absolute Gasteiger partial charge is 0.495 e. The first kappa shape index (κ1) is 19.2. The van der Waals surface area contributed by atoms with Crippen LogP contribution in [0.2, 0.25) is 5.02 Å². The molecule has 1 atom stereocenters. The van der Waals surface area contributed by atoms with Gasteiger partial charge in [-0.1, -0.05) is 11.6 Å². The third kappa shape index (κ3) is 4.05. The van der Waals surface area contributed by atoms with Crippen molar-refractivity contribution in [1.29, 1.82) is 0 Å². The molecule has 1 saturated heterocycles. The molecular weight excluding hydrogens is 394 g/mol. The zero-order chi connectivity index (χ0) is 18.9. The molecule has 0 radical (unpaired) electrons. The number of carbonyl (C=O) groups is 1. The number of aryl methyl sites for hydroxylation is 1. The van der Waals surface area contributed by atoms with Gasteiger partial charge in [-0.05, 0) is 48.6 Å². The van der Waals surface area contributed by atoms with E-state index in [0.29, 0.717) is 29.3 Å². The molecule has 0 unspecified atom stereocenters. The fraction of sp³-hybridized carbons (Fsp3) is 0.389. The molecule has 1 aromatic carbocycles. The number of carbonyl (C=O) groups excluding carboxylic acids is 1. The summed E-state index contributed by atoms with van der Waals surface area (Å²) in [5, 5.41) is 2.33. The maximum atomic E-state index is 13.2. The van der Waals surface area contributed by atoms with Gasteiger partial charge in [0.05, 0.1) is 30.2 Å². The van der Waals surface area contributed by atoms with E-state index in [2.05, 4.69) is 0 Å². The highest BCUT2D eigenvalue weighted by atomic mass is 35.5. The number of rotatable bonds is 5. The van der Waals surface area contributed by atoms with Crippen molar-refractivity contribution in [2.45, 2.75) is 25.9 Å². The molecular formula is C18H20ClNO4S2. The SMILES string of the molecule is COc1ccc(C(=O)N(Cc2sccc2C)[C@H]2CCS(=O)(=O)C2)cc1Cl. The number of hydrogen-bond acceptors (Lipinski definition) is 5. The Morgan fingerprint density at radius 1 is 1.38 bits per heavy atom. The first-order chi connectivity index (χ1) is 12.3. The second kappa shape index (κ2) is 7.58. The summed E-state index contributed by atoms with van der Waals surface area (Å²) in [6, 6.07) is 6.55. The van der Waals surface area contributed by atoms with E-state index in [-0.39, 0.29) is 23.5 Å². The van der Waals surface area contributed by atoms with Gasteiger partial charge in [0.25, 0.3) is 5.91 Å². The standard InChI is InChI=1S/C18H20ClNO4S2/c1-12-5-7-25-17(12)10-20(14-6-8-26(22,23)11-14)18(21)13-3-4-16(24-2)15(19)9-13/h3-5,7,9,14H,6,8,10-11H2,1-2H3/t14-/m0/s1. The third-order valence-corrected chi connectivity index (χ3v) is 7.64. The maximum absolute atomic E-state index is 13.2. The van der Waals surface area contributed by atoms with Crippen LogP contribution in [0.15, 0.2) is 29.6 Å². The van der Waals surface area contributed by atoms with Gasteiger partial charge in [0.15, 0.2) is 9.84 Å². The Balaban J connectivity index is 1.93. The average molecular weight is 414 g/mol. The molecule has 2 heterocycles. The zero-order valence-corrected chi connectivity index (χ0v) is 17.0. The smallest absolute Gasteiger partial charge is 0.254 e. The average Bonchev–Trinajstić information content (AvgIpc) is 3.16. The van der Waals surface area contributed by atoms with Crippen molar-refractivity contribution in [3.63, 3.8) is 0 Å². The maximum Gasteiger partial charge on any atom is 0.254 e. The van der Waals surface area contributed by atoms with Crippen molar-refractivity contribution in [3.8, 4) is 5.75 Å². The van der Waals surface area contributed by atoms with E-state index in [1.165, 1.54) is 7.11 Å². The summed E-state index contributed by atoms with van der Waals surface area (Å²) in [6.07, 6.45) is 0.461. The van der Waals surface area contributed by atoms with Crippen LogP contribution in [-0.2, 0) is 16.4 Å². The summed E-state index contributed by atoms with van der Waals surface area (Å²) in [7, 11) is -1.59. The third-order valence-electron chi connectivity index (χ3n) is 4.59. The number of amides is 1. The second-order valence-electron chi connectivity index (χ2n) is 6.37. The molecule has 2 aromatic rings. The van der Waals surface area contributed by atoms with Crippen LogP contribution in [0.3, 0.4) is 0 Å². The molecule has 3 rings (SSSR count). The lowest BCUT2D eigenvalue weighted by Crippen LogP contribution is -2.40. The summed E-state index contributed by atoms with van der Waals surface area (Å²) < 4.78 is 29.0. The molecule has 0 N–H and O–H groups in total. The minimum Gasteiger partial charge on any atom is -0.495 e. The van der Waals surface area contributed by atoms with E-state index in [1.807, 2.05) is 18.4 Å². The zero-order valence-electron chi connectivity index (χ0n) is 14.6. The first-order valence-corrected chi connectivity index (χ1v) is 11.3. The van der Waals surface area contributed by atoms with E-state index in [9.17, 15) is 13.2 Å². The number of halogens is 1. The van der Waals surface area contributed by atoms with Gasteiger partial charge >= 0.3 is 0 Å². The van der Waals surface area contributed by atoms with Crippen molar-refractivity contribution < 1.29 is 17.9 Å². The molecule has 1 aliphatic heterocycles. The van der Waals surface area contributed by atoms with Crippen LogP contribution in [0.5, 0.6) is 5.75 Å². The summed E-state index contributed by atoms with van der Waals surface area (Å²) in [6.45, 7) is 2.39. The van der Waals surface area contributed by atoms with Crippen molar-refractivity contribution in [2.75, 3.05) is 18.6 Å². The van der Waals surface area contributed by atoms with Gasteiger partial charge in [-0.3, -0.25) is 4.79 Å². The molecule has 1 amide bonds. The molecule has 0 aliphatic carbocycles. The van der Waals surface area contributed by atoms with E-state index >= 15 is 0 Å². The van der Waals surface area contributed by atoms with Crippen molar-refractivity contribution >= 4 is 38.7 Å². The van der Waals surface area contributed by atoms with Gasteiger partial charge in [-0.15, -0.1) is 11.3 Å². The van der Waals surface area contributed by atoms with E-state index in [4.69, 9.17) is 16.3 Å².